The number of phenols is 1. The molecule has 0 aliphatic carbocycles. The third-order valence-electron chi connectivity index (χ3n) is 4.77. The molecule has 2 aromatic carbocycles. The van der Waals surface area contributed by atoms with Crippen LogP contribution in [0, 0.1) is 5.92 Å². The molecule has 0 unspecified atom stereocenters. The van der Waals surface area contributed by atoms with Crippen molar-refractivity contribution in [1.82, 2.24) is 15.1 Å². The number of carbonyl (C=O) groups excluding carboxylic acids is 1. The second-order valence-corrected chi connectivity index (χ2v) is 8.25. The molecule has 0 fully saturated rings. The van der Waals surface area contributed by atoms with Gasteiger partial charge in [-0.1, -0.05) is 35.8 Å². The molecule has 3 aromatic rings. The summed E-state index contributed by atoms with van der Waals surface area (Å²) in [6.07, 6.45) is 0. The van der Waals surface area contributed by atoms with E-state index in [2.05, 4.69) is 45.3 Å². The molecule has 0 atom stereocenters. The molecule has 2 heterocycles. The third kappa shape index (κ3) is 3.39. The number of amides is 1. The molecule has 0 saturated heterocycles. The summed E-state index contributed by atoms with van der Waals surface area (Å²) in [7, 11) is 0. The van der Waals surface area contributed by atoms with Gasteiger partial charge in [0.25, 0.3) is 5.91 Å². The van der Waals surface area contributed by atoms with E-state index in [1.807, 2.05) is 18.2 Å². The number of benzene rings is 2. The van der Waals surface area contributed by atoms with E-state index in [0.717, 1.165) is 27.5 Å². The van der Waals surface area contributed by atoms with Gasteiger partial charge in [-0.2, -0.15) is 5.10 Å². The van der Waals surface area contributed by atoms with Crippen LogP contribution in [0.5, 0.6) is 5.75 Å². The Morgan fingerprint density at radius 2 is 2.07 bits per heavy atom. The number of nitrogens with zero attached hydrogens (tertiary/aromatic N) is 2. The number of nitrogens with one attached hydrogen (secondary N) is 2. The Morgan fingerprint density at radius 3 is 2.85 bits per heavy atom. The monoisotopic (exact) mass is 428 g/mol. The molecular formula is C20H21BrN4O2. The zero-order chi connectivity index (χ0) is 19.1. The van der Waals surface area contributed by atoms with Gasteiger partial charge in [0.1, 0.15) is 5.75 Å². The first kappa shape index (κ1) is 17.9. The molecule has 0 saturated carbocycles. The van der Waals surface area contributed by atoms with Crippen molar-refractivity contribution in [3.05, 3.63) is 51.5 Å². The lowest BCUT2D eigenvalue weighted by Gasteiger charge is -2.16. The highest BCUT2D eigenvalue weighted by Gasteiger charge is 2.27. The smallest absolute Gasteiger partial charge is 0.258 e. The highest BCUT2D eigenvalue weighted by molar-refractivity contribution is 9.10. The first-order valence-corrected chi connectivity index (χ1v) is 9.73. The molecular weight excluding hydrogens is 408 g/mol. The number of anilines is 1. The van der Waals surface area contributed by atoms with Crippen molar-refractivity contribution in [2.45, 2.75) is 26.9 Å². The van der Waals surface area contributed by atoms with E-state index in [9.17, 15) is 9.90 Å². The fourth-order valence-corrected chi connectivity index (χ4v) is 3.75. The van der Waals surface area contributed by atoms with Gasteiger partial charge in [-0.05, 0) is 35.2 Å². The number of aromatic hydroxyl groups is 1. The second kappa shape index (κ2) is 6.88. The fourth-order valence-electron chi connectivity index (χ4n) is 3.34. The SMILES string of the molecule is CC(C)CNc1n[nH]c2cc(O)c(C(=O)N3Cc4ccc(Br)cc4C3)cc12. The summed E-state index contributed by atoms with van der Waals surface area (Å²) in [5.74, 6) is 0.945. The van der Waals surface area contributed by atoms with E-state index in [-0.39, 0.29) is 11.7 Å². The van der Waals surface area contributed by atoms with Crippen LogP contribution in [-0.4, -0.2) is 32.7 Å². The van der Waals surface area contributed by atoms with E-state index < -0.39 is 0 Å². The molecule has 1 amide bonds. The minimum Gasteiger partial charge on any atom is -0.507 e. The Labute approximate surface area is 165 Å². The van der Waals surface area contributed by atoms with Gasteiger partial charge >= 0.3 is 0 Å². The van der Waals surface area contributed by atoms with E-state index in [1.54, 1.807) is 17.0 Å². The van der Waals surface area contributed by atoms with Crippen LogP contribution in [0.15, 0.2) is 34.8 Å². The molecule has 0 radical (unpaired) electrons. The molecule has 4 rings (SSSR count). The predicted molar refractivity (Wildman–Crippen MR) is 109 cm³/mol. The number of rotatable bonds is 4. The van der Waals surface area contributed by atoms with Gasteiger partial charge in [-0.15, -0.1) is 0 Å². The molecule has 27 heavy (non-hydrogen) atoms. The highest BCUT2D eigenvalue weighted by Crippen LogP contribution is 2.32. The topological polar surface area (TPSA) is 81.2 Å². The standard InChI is InChI=1S/C20H21BrN4O2/c1-11(2)8-22-19-15-6-16(18(26)7-17(15)23-24-19)20(27)25-9-12-3-4-14(21)5-13(12)10-25/h3-7,11,26H,8-10H2,1-2H3,(H2,22,23,24). The summed E-state index contributed by atoms with van der Waals surface area (Å²) >= 11 is 3.47. The number of hydrogen-bond donors (Lipinski definition) is 3. The number of phenolic OH excluding ortho intramolecular Hbond substituents is 1. The summed E-state index contributed by atoms with van der Waals surface area (Å²) in [5, 5.41) is 21.7. The largest absolute Gasteiger partial charge is 0.507 e. The van der Waals surface area contributed by atoms with Crippen LogP contribution in [0.1, 0.15) is 35.3 Å². The van der Waals surface area contributed by atoms with Crippen LogP contribution in [0.25, 0.3) is 10.9 Å². The van der Waals surface area contributed by atoms with Crippen LogP contribution in [-0.2, 0) is 13.1 Å². The van der Waals surface area contributed by atoms with Crippen molar-refractivity contribution >= 4 is 38.6 Å². The first-order chi connectivity index (χ1) is 12.9. The average Bonchev–Trinajstić information content (AvgIpc) is 3.21. The van der Waals surface area contributed by atoms with Crippen molar-refractivity contribution in [3.63, 3.8) is 0 Å². The summed E-state index contributed by atoms with van der Waals surface area (Å²) in [6, 6.07) is 9.33. The highest BCUT2D eigenvalue weighted by atomic mass is 79.9. The van der Waals surface area contributed by atoms with Gasteiger partial charge < -0.3 is 15.3 Å². The van der Waals surface area contributed by atoms with Gasteiger partial charge in [0, 0.05) is 35.6 Å². The minimum absolute atomic E-state index is 0.0382. The zero-order valence-corrected chi connectivity index (χ0v) is 16.8. The summed E-state index contributed by atoms with van der Waals surface area (Å²) < 4.78 is 0.999. The number of H-pyrrole nitrogens is 1. The maximum absolute atomic E-state index is 13.1. The second-order valence-electron chi connectivity index (χ2n) is 7.34. The molecule has 7 heteroatoms. The lowest BCUT2D eigenvalue weighted by atomic mass is 10.1. The normalized spacial score (nSPS) is 13.4. The van der Waals surface area contributed by atoms with Crippen molar-refractivity contribution < 1.29 is 9.90 Å². The van der Waals surface area contributed by atoms with Crippen LogP contribution in [0.4, 0.5) is 5.82 Å². The first-order valence-electron chi connectivity index (χ1n) is 8.94. The third-order valence-corrected chi connectivity index (χ3v) is 5.26. The Bertz CT molecular complexity index is 1030. The van der Waals surface area contributed by atoms with Gasteiger partial charge in [0.05, 0.1) is 11.1 Å². The number of aromatic nitrogens is 2. The maximum Gasteiger partial charge on any atom is 0.258 e. The number of halogens is 1. The molecule has 1 aliphatic heterocycles. The van der Waals surface area contributed by atoms with Crippen LogP contribution >= 0.6 is 15.9 Å². The van der Waals surface area contributed by atoms with Gasteiger partial charge in [0.2, 0.25) is 0 Å². The van der Waals surface area contributed by atoms with Crippen molar-refractivity contribution in [1.29, 1.82) is 0 Å². The van der Waals surface area contributed by atoms with E-state index in [4.69, 9.17) is 0 Å². The summed E-state index contributed by atoms with van der Waals surface area (Å²) in [4.78, 5) is 14.8. The number of aromatic amines is 1. The number of fused-ring (bicyclic) bond motifs is 2. The molecule has 6 nitrogen and oxygen atoms in total. The predicted octanol–water partition coefficient (Wildman–Crippen LogP) is 4.25. The number of hydrogen-bond acceptors (Lipinski definition) is 4. The molecule has 1 aromatic heterocycles. The quantitative estimate of drug-likeness (QED) is 0.579. The Morgan fingerprint density at radius 1 is 1.30 bits per heavy atom. The van der Waals surface area contributed by atoms with E-state index in [1.165, 1.54) is 0 Å². The van der Waals surface area contributed by atoms with Crippen LogP contribution in [0.2, 0.25) is 0 Å². The molecule has 0 spiro atoms. The zero-order valence-electron chi connectivity index (χ0n) is 15.2. The van der Waals surface area contributed by atoms with Gasteiger partial charge in [-0.3, -0.25) is 9.89 Å². The maximum atomic E-state index is 13.1. The van der Waals surface area contributed by atoms with Crippen molar-refractivity contribution in [3.8, 4) is 5.75 Å². The summed E-state index contributed by atoms with van der Waals surface area (Å²) in [5.41, 5.74) is 3.25. The van der Waals surface area contributed by atoms with E-state index in [0.29, 0.717) is 35.9 Å². The Balaban J connectivity index is 1.64. The molecule has 140 valence electrons. The molecule has 1 aliphatic rings. The van der Waals surface area contributed by atoms with Gasteiger partial charge in [-0.25, -0.2) is 0 Å². The molecule has 3 N–H and O–H groups in total. The Hall–Kier alpha value is -2.54. The summed E-state index contributed by atoms with van der Waals surface area (Å²) in [6.45, 7) is 6.09. The van der Waals surface area contributed by atoms with Crippen molar-refractivity contribution in [2.24, 2.45) is 5.92 Å². The number of carbonyl (C=O) groups is 1. The van der Waals surface area contributed by atoms with Crippen molar-refractivity contribution in [2.75, 3.05) is 11.9 Å². The van der Waals surface area contributed by atoms with Crippen LogP contribution < -0.4 is 5.32 Å². The average molecular weight is 429 g/mol. The fraction of sp³-hybridized carbons (Fsp3) is 0.300. The van der Waals surface area contributed by atoms with Crippen LogP contribution in [0.3, 0.4) is 0 Å². The Kier molecular flexibility index (Phi) is 4.55. The van der Waals surface area contributed by atoms with E-state index >= 15 is 0 Å². The molecule has 0 bridgehead atoms. The lowest BCUT2D eigenvalue weighted by Crippen LogP contribution is -2.25. The minimum atomic E-state index is -0.183. The lowest BCUT2D eigenvalue weighted by molar-refractivity contribution is 0.0748. The van der Waals surface area contributed by atoms with Gasteiger partial charge in [0.15, 0.2) is 5.82 Å².